The average Bonchev–Trinajstić information content (AvgIpc) is 2.86. The summed E-state index contributed by atoms with van der Waals surface area (Å²) in [7, 11) is -4.31. The van der Waals surface area contributed by atoms with Gasteiger partial charge in [0.1, 0.15) is 18.4 Å². The van der Waals surface area contributed by atoms with Gasteiger partial charge in [-0.3, -0.25) is 13.9 Å². The Morgan fingerprint density at radius 2 is 1.49 bits per heavy atom. The van der Waals surface area contributed by atoms with E-state index in [-0.39, 0.29) is 29.1 Å². The minimum atomic E-state index is -4.31. The first-order valence-electron chi connectivity index (χ1n) is 12.0. The summed E-state index contributed by atoms with van der Waals surface area (Å²) >= 11 is 0. The Morgan fingerprint density at radius 3 is 2.08 bits per heavy atom. The maximum absolute atomic E-state index is 14.9. The molecule has 196 valence electrons. The lowest BCUT2D eigenvalue weighted by Crippen LogP contribution is -2.52. The van der Waals surface area contributed by atoms with Crippen LogP contribution in [0.1, 0.15) is 31.9 Å². The Hall–Kier alpha value is -3.72. The molecule has 0 aromatic heterocycles. The van der Waals surface area contributed by atoms with Crippen molar-refractivity contribution < 1.29 is 22.4 Å². The molecule has 3 aromatic rings. The van der Waals surface area contributed by atoms with Gasteiger partial charge < -0.3 is 10.2 Å². The molecular formula is C28H32FN3O4S. The number of hydrogen-bond donors (Lipinski definition) is 1. The van der Waals surface area contributed by atoms with Gasteiger partial charge in [0.05, 0.1) is 10.6 Å². The predicted octanol–water partition coefficient (Wildman–Crippen LogP) is 4.27. The number of carbonyl (C=O) groups excluding carboxylic acids is 2. The Bertz CT molecular complexity index is 1330. The summed E-state index contributed by atoms with van der Waals surface area (Å²) < 4.78 is 43.0. The number of para-hydroxylation sites is 1. The Labute approximate surface area is 218 Å². The van der Waals surface area contributed by atoms with Gasteiger partial charge in [0.2, 0.25) is 11.8 Å². The fourth-order valence-corrected chi connectivity index (χ4v) is 5.19. The highest BCUT2D eigenvalue weighted by molar-refractivity contribution is 7.92. The van der Waals surface area contributed by atoms with E-state index in [1.54, 1.807) is 19.1 Å². The molecule has 0 unspecified atom stereocenters. The Balaban J connectivity index is 2.03. The number of carbonyl (C=O) groups is 2. The second-order valence-corrected chi connectivity index (χ2v) is 11.0. The molecule has 1 atom stereocenters. The number of nitrogens with one attached hydrogen (secondary N) is 1. The number of anilines is 1. The highest BCUT2D eigenvalue weighted by atomic mass is 32.2. The van der Waals surface area contributed by atoms with Gasteiger partial charge in [0.15, 0.2) is 0 Å². The van der Waals surface area contributed by atoms with Crippen LogP contribution in [-0.4, -0.2) is 43.8 Å². The molecule has 9 heteroatoms. The Kier molecular flexibility index (Phi) is 9.04. The predicted molar refractivity (Wildman–Crippen MR) is 142 cm³/mol. The van der Waals surface area contributed by atoms with Crippen LogP contribution in [0.4, 0.5) is 10.1 Å². The van der Waals surface area contributed by atoms with Crippen LogP contribution in [0.15, 0.2) is 83.8 Å². The number of amides is 2. The quantitative estimate of drug-likeness (QED) is 0.428. The highest BCUT2D eigenvalue weighted by Gasteiger charge is 2.33. The van der Waals surface area contributed by atoms with Gasteiger partial charge in [-0.05, 0) is 57.5 Å². The zero-order valence-corrected chi connectivity index (χ0v) is 22.2. The van der Waals surface area contributed by atoms with E-state index in [0.29, 0.717) is 0 Å². The molecule has 7 nitrogen and oxygen atoms in total. The fraction of sp³-hybridized carbons (Fsp3) is 0.286. The summed E-state index contributed by atoms with van der Waals surface area (Å²) in [6.45, 7) is 6.40. The standard InChI is InChI=1S/C28H32FN3O4S/c1-20(2)30-28(34)22(4)31(18-23-10-6-5-7-11-23)27(33)19-32(26-13-9-8-12-25(26)29)37(35,36)24-16-14-21(3)15-17-24/h5-17,20,22H,18-19H2,1-4H3,(H,30,34)/t22-/m1/s1. The second-order valence-electron chi connectivity index (χ2n) is 9.12. The number of hydrogen-bond acceptors (Lipinski definition) is 4. The van der Waals surface area contributed by atoms with Gasteiger partial charge in [-0.1, -0.05) is 60.2 Å². The van der Waals surface area contributed by atoms with E-state index in [1.165, 1.54) is 35.2 Å². The van der Waals surface area contributed by atoms with Crippen molar-refractivity contribution in [3.63, 3.8) is 0 Å². The molecule has 37 heavy (non-hydrogen) atoms. The molecule has 0 spiro atoms. The number of nitrogens with zero attached hydrogens (tertiary/aromatic N) is 2. The lowest BCUT2D eigenvalue weighted by atomic mass is 10.1. The summed E-state index contributed by atoms with van der Waals surface area (Å²) in [5.74, 6) is -1.81. The summed E-state index contributed by atoms with van der Waals surface area (Å²) in [6.07, 6.45) is 0. The van der Waals surface area contributed by atoms with Gasteiger partial charge in [0, 0.05) is 12.6 Å². The van der Waals surface area contributed by atoms with E-state index in [4.69, 9.17) is 0 Å². The first-order chi connectivity index (χ1) is 17.5. The van der Waals surface area contributed by atoms with E-state index >= 15 is 0 Å². The number of sulfonamides is 1. The first kappa shape index (κ1) is 27.9. The van der Waals surface area contributed by atoms with Crippen molar-refractivity contribution in [2.45, 2.75) is 51.2 Å². The van der Waals surface area contributed by atoms with Crippen LogP contribution < -0.4 is 9.62 Å². The van der Waals surface area contributed by atoms with Crippen LogP contribution in [-0.2, 0) is 26.2 Å². The van der Waals surface area contributed by atoms with Crippen molar-refractivity contribution in [2.75, 3.05) is 10.8 Å². The maximum Gasteiger partial charge on any atom is 0.264 e. The van der Waals surface area contributed by atoms with Crippen LogP contribution in [0, 0.1) is 12.7 Å². The molecule has 3 aromatic carbocycles. The van der Waals surface area contributed by atoms with E-state index < -0.39 is 34.3 Å². The lowest BCUT2D eigenvalue weighted by molar-refractivity contribution is -0.139. The number of aryl methyl sites for hydroxylation is 1. The van der Waals surface area contributed by atoms with Crippen LogP contribution in [0.25, 0.3) is 0 Å². The maximum atomic E-state index is 14.9. The highest BCUT2D eigenvalue weighted by Crippen LogP contribution is 2.27. The van der Waals surface area contributed by atoms with Gasteiger partial charge in [-0.25, -0.2) is 12.8 Å². The van der Waals surface area contributed by atoms with Crippen LogP contribution >= 0.6 is 0 Å². The molecule has 0 saturated heterocycles. The smallest absolute Gasteiger partial charge is 0.264 e. The molecule has 1 N–H and O–H groups in total. The molecule has 0 fully saturated rings. The van der Waals surface area contributed by atoms with E-state index in [9.17, 15) is 22.4 Å². The van der Waals surface area contributed by atoms with Crippen LogP contribution in [0.2, 0.25) is 0 Å². The monoisotopic (exact) mass is 525 g/mol. The summed E-state index contributed by atoms with van der Waals surface area (Å²) in [5, 5.41) is 2.79. The van der Waals surface area contributed by atoms with E-state index in [2.05, 4.69) is 5.32 Å². The molecule has 0 radical (unpaired) electrons. The zero-order valence-electron chi connectivity index (χ0n) is 21.4. The molecule has 0 aliphatic carbocycles. The topological polar surface area (TPSA) is 86.8 Å². The molecule has 2 amide bonds. The third-order valence-corrected chi connectivity index (χ3v) is 7.58. The average molecular weight is 526 g/mol. The molecule has 3 rings (SSSR count). The second kappa shape index (κ2) is 12.0. The van der Waals surface area contributed by atoms with Crippen LogP contribution in [0.3, 0.4) is 0 Å². The van der Waals surface area contributed by atoms with Gasteiger partial charge in [0.25, 0.3) is 10.0 Å². The van der Waals surface area contributed by atoms with Gasteiger partial charge >= 0.3 is 0 Å². The minimum absolute atomic E-state index is 0.0715. The summed E-state index contributed by atoms with van der Waals surface area (Å²) in [6, 6.07) is 19.5. The van der Waals surface area contributed by atoms with Crippen molar-refractivity contribution in [3.8, 4) is 0 Å². The molecule has 0 bridgehead atoms. The SMILES string of the molecule is Cc1ccc(S(=O)(=O)N(CC(=O)N(Cc2ccccc2)[C@H](C)C(=O)NC(C)C)c2ccccc2F)cc1. The van der Waals surface area contributed by atoms with Crippen molar-refractivity contribution in [2.24, 2.45) is 0 Å². The van der Waals surface area contributed by atoms with Crippen molar-refractivity contribution in [1.82, 2.24) is 10.2 Å². The third kappa shape index (κ3) is 6.95. The largest absolute Gasteiger partial charge is 0.352 e. The van der Waals surface area contributed by atoms with Crippen molar-refractivity contribution in [1.29, 1.82) is 0 Å². The van der Waals surface area contributed by atoms with E-state index in [0.717, 1.165) is 21.5 Å². The molecule has 0 saturated carbocycles. The molecule has 0 aliphatic heterocycles. The summed E-state index contributed by atoms with van der Waals surface area (Å²) in [5.41, 5.74) is 1.36. The number of rotatable bonds is 10. The van der Waals surface area contributed by atoms with Crippen LogP contribution in [0.5, 0.6) is 0 Å². The normalized spacial score (nSPS) is 12.2. The van der Waals surface area contributed by atoms with E-state index in [1.807, 2.05) is 51.1 Å². The number of halogens is 1. The minimum Gasteiger partial charge on any atom is -0.352 e. The zero-order chi connectivity index (χ0) is 27.2. The number of benzene rings is 3. The Morgan fingerprint density at radius 1 is 0.892 bits per heavy atom. The first-order valence-corrected chi connectivity index (χ1v) is 13.4. The lowest BCUT2D eigenvalue weighted by Gasteiger charge is -2.32. The third-order valence-electron chi connectivity index (χ3n) is 5.80. The summed E-state index contributed by atoms with van der Waals surface area (Å²) in [4.78, 5) is 27.8. The molecule has 0 heterocycles. The van der Waals surface area contributed by atoms with Gasteiger partial charge in [-0.2, -0.15) is 0 Å². The van der Waals surface area contributed by atoms with Crippen molar-refractivity contribution >= 4 is 27.5 Å². The van der Waals surface area contributed by atoms with Crippen molar-refractivity contribution in [3.05, 3.63) is 95.8 Å². The fourth-order valence-electron chi connectivity index (χ4n) is 3.77. The van der Waals surface area contributed by atoms with Gasteiger partial charge in [-0.15, -0.1) is 0 Å². The molecule has 0 aliphatic rings. The molecular weight excluding hydrogens is 493 g/mol.